The predicted molar refractivity (Wildman–Crippen MR) is 104 cm³/mol. The highest BCUT2D eigenvalue weighted by Gasteiger charge is 2.53. The molecule has 0 saturated carbocycles. The predicted octanol–water partition coefficient (Wildman–Crippen LogP) is 1.63. The van der Waals surface area contributed by atoms with Gasteiger partial charge in [0.05, 0.1) is 18.6 Å². The average molecular weight is 422 g/mol. The highest BCUT2D eigenvalue weighted by molar-refractivity contribution is 5.93. The zero-order chi connectivity index (χ0) is 22.6. The Morgan fingerprint density at radius 1 is 1.33 bits per heavy atom. The molecule has 2 N–H and O–H groups in total. The average Bonchev–Trinajstić information content (AvgIpc) is 3.01. The highest BCUT2D eigenvalue weighted by atomic mass is 17.1. The van der Waals surface area contributed by atoms with Crippen molar-refractivity contribution in [2.75, 3.05) is 7.11 Å². The monoisotopic (exact) mass is 422 g/mol. The first-order chi connectivity index (χ1) is 14.2. The van der Waals surface area contributed by atoms with Crippen LogP contribution in [0.25, 0.3) is 0 Å². The molecule has 2 aliphatic rings. The van der Waals surface area contributed by atoms with E-state index in [4.69, 9.17) is 14.2 Å². The van der Waals surface area contributed by atoms with Gasteiger partial charge in [-0.05, 0) is 32.3 Å². The van der Waals surface area contributed by atoms with E-state index in [0.29, 0.717) is 5.57 Å². The summed E-state index contributed by atoms with van der Waals surface area (Å²) in [4.78, 5) is 41.6. The molecule has 1 heterocycles. The molecule has 1 saturated heterocycles. The lowest BCUT2D eigenvalue weighted by Crippen LogP contribution is -2.48. The minimum Gasteiger partial charge on any atom is -0.466 e. The van der Waals surface area contributed by atoms with Gasteiger partial charge in [0.25, 0.3) is 0 Å². The Hall–Kier alpha value is -2.75. The second-order valence-electron chi connectivity index (χ2n) is 7.08. The maximum atomic E-state index is 12.5. The van der Waals surface area contributed by atoms with E-state index in [2.05, 4.69) is 18.0 Å². The highest BCUT2D eigenvalue weighted by Crippen LogP contribution is 2.39. The number of hydrogen-bond donors (Lipinski definition) is 2. The Labute approximate surface area is 174 Å². The molecule has 0 amide bonds. The van der Waals surface area contributed by atoms with Gasteiger partial charge in [-0.1, -0.05) is 25.3 Å². The van der Waals surface area contributed by atoms with Gasteiger partial charge >= 0.3 is 17.9 Å². The van der Waals surface area contributed by atoms with Gasteiger partial charge < -0.3 is 19.3 Å². The molecule has 2 rings (SSSR count). The normalized spacial score (nSPS) is 31.9. The first-order valence-electron chi connectivity index (χ1n) is 9.35. The maximum Gasteiger partial charge on any atom is 0.336 e. The summed E-state index contributed by atoms with van der Waals surface area (Å²) in [7, 11) is 1.15. The van der Waals surface area contributed by atoms with Gasteiger partial charge in [-0.15, -0.1) is 0 Å². The maximum absolute atomic E-state index is 12.5. The molecule has 0 unspecified atom stereocenters. The number of fused-ring (bicyclic) bond motifs is 1. The molecule has 0 aromatic carbocycles. The van der Waals surface area contributed by atoms with Crippen molar-refractivity contribution >= 4 is 17.9 Å². The molecule has 30 heavy (non-hydrogen) atoms. The fraction of sp³-hybridized carbons (Fsp3) is 0.476. The molecule has 1 aliphatic carbocycles. The first kappa shape index (κ1) is 23.5. The molecule has 0 radical (unpaired) electrons. The summed E-state index contributed by atoms with van der Waals surface area (Å²) in [5, 5.41) is 20.5. The Morgan fingerprint density at radius 2 is 2.00 bits per heavy atom. The lowest BCUT2D eigenvalue weighted by atomic mass is 9.80. The van der Waals surface area contributed by atoms with Crippen molar-refractivity contribution in [3.8, 4) is 0 Å². The molecule has 5 atom stereocenters. The molecule has 9 nitrogen and oxygen atoms in total. The van der Waals surface area contributed by atoms with Gasteiger partial charge in [0.2, 0.25) is 0 Å². The summed E-state index contributed by atoms with van der Waals surface area (Å²) in [5.41, 5.74) is 0.376. The van der Waals surface area contributed by atoms with E-state index in [1.165, 1.54) is 19.1 Å². The molecule has 1 fully saturated rings. The Balaban J connectivity index is 2.63. The van der Waals surface area contributed by atoms with Crippen LogP contribution in [0.3, 0.4) is 0 Å². The number of methoxy groups -OCH3 is 1. The smallest absolute Gasteiger partial charge is 0.336 e. The quantitative estimate of drug-likeness (QED) is 0.173. The van der Waals surface area contributed by atoms with Crippen LogP contribution in [0, 0.1) is 5.92 Å². The van der Waals surface area contributed by atoms with Crippen molar-refractivity contribution in [2.24, 2.45) is 5.92 Å². The molecule has 0 bridgehead atoms. The van der Waals surface area contributed by atoms with Crippen molar-refractivity contribution in [2.45, 2.75) is 51.1 Å². The number of rotatable bonds is 4. The van der Waals surface area contributed by atoms with Crippen LogP contribution in [0.2, 0.25) is 0 Å². The van der Waals surface area contributed by atoms with Crippen LogP contribution < -0.4 is 0 Å². The summed E-state index contributed by atoms with van der Waals surface area (Å²) in [5.74, 6) is -3.52. The van der Waals surface area contributed by atoms with Gasteiger partial charge in [0, 0.05) is 11.1 Å². The first-order valence-corrected chi connectivity index (χ1v) is 9.35. The Kier molecular flexibility index (Phi) is 7.71. The van der Waals surface area contributed by atoms with Crippen LogP contribution in [0.15, 0.2) is 47.6 Å². The number of ether oxygens (including phenoxy) is 3. The minimum atomic E-state index is -1.66. The largest absolute Gasteiger partial charge is 0.466 e. The third-order valence-electron chi connectivity index (χ3n) is 5.31. The van der Waals surface area contributed by atoms with Crippen LogP contribution in [0.1, 0.15) is 26.7 Å². The molecular weight excluding hydrogens is 396 g/mol. The SMILES string of the molecule is C=C1C(=O)O[C@H]2[C@H]1[C@H](OC(=O)/C(C)=C\C)[C@@H](O)/C(C(=O)OC)=C\CCC(=C)[C@H]2OO. The summed E-state index contributed by atoms with van der Waals surface area (Å²) < 4.78 is 15.6. The number of hydrogen-bond acceptors (Lipinski definition) is 9. The molecular formula is C21H26O9. The van der Waals surface area contributed by atoms with Crippen molar-refractivity contribution in [3.63, 3.8) is 0 Å². The van der Waals surface area contributed by atoms with E-state index in [9.17, 15) is 24.7 Å². The second-order valence-corrected chi connectivity index (χ2v) is 7.08. The molecule has 0 aromatic heterocycles. The van der Waals surface area contributed by atoms with E-state index in [1.807, 2.05) is 0 Å². The second kappa shape index (κ2) is 9.84. The number of aliphatic hydroxyl groups is 1. The summed E-state index contributed by atoms with van der Waals surface area (Å²) in [6, 6.07) is 0. The fourth-order valence-corrected chi connectivity index (χ4v) is 3.45. The van der Waals surface area contributed by atoms with Crippen LogP contribution >= 0.6 is 0 Å². The van der Waals surface area contributed by atoms with Crippen LogP contribution in [-0.2, 0) is 33.5 Å². The van der Waals surface area contributed by atoms with Crippen molar-refractivity contribution < 1.29 is 43.8 Å². The van der Waals surface area contributed by atoms with Gasteiger partial charge in [0.15, 0.2) is 6.10 Å². The minimum absolute atomic E-state index is 0.102. The lowest BCUT2D eigenvalue weighted by Gasteiger charge is -2.34. The lowest BCUT2D eigenvalue weighted by molar-refractivity contribution is -0.290. The van der Waals surface area contributed by atoms with Crippen molar-refractivity contribution in [1.82, 2.24) is 0 Å². The van der Waals surface area contributed by atoms with Crippen molar-refractivity contribution in [3.05, 3.63) is 47.6 Å². The summed E-state index contributed by atoms with van der Waals surface area (Å²) in [6.45, 7) is 10.7. The number of carbonyl (C=O) groups excluding carboxylic acids is 3. The van der Waals surface area contributed by atoms with Gasteiger partial charge in [-0.25, -0.2) is 19.3 Å². The number of allylic oxidation sites excluding steroid dienone is 2. The van der Waals surface area contributed by atoms with Gasteiger partial charge in [-0.2, -0.15) is 0 Å². The van der Waals surface area contributed by atoms with E-state index >= 15 is 0 Å². The van der Waals surface area contributed by atoms with Crippen LogP contribution in [0.5, 0.6) is 0 Å². The zero-order valence-corrected chi connectivity index (χ0v) is 17.1. The van der Waals surface area contributed by atoms with E-state index in [1.54, 1.807) is 6.92 Å². The summed E-state index contributed by atoms with van der Waals surface area (Å²) >= 11 is 0. The number of esters is 3. The molecule has 1 aliphatic heterocycles. The van der Waals surface area contributed by atoms with Gasteiger partial charge in [0.1, 0.15) is 18.3 Å². The van der Waals surface area contributed by atoms with E-state index in [0.717, 1.165) is 7.11 Å². The molecule has 0 aromatic rings. The number of carbonyl (C=O) groups is 3. The third kappa shape index (κ3) is 4.53. The van der Waals surface area contributed by atoms with Crippen LogP contribution in [-0.4, -0.2) is 59.8 Å². The van der Waals surface area contributed by atoms with E-state index in [-0.39, 0.29) is 29.6 Å². The Bertz CT molecular complexity index is 807. The van der Waals surface area contributed by atoms with Crippen molar-refractivity contribution in [1.29, 1.82) is 0 Å². The standard InChI is InChI=1S/C21H26O9/c1-6-10(2)19(23)28-17-14-12(4)20(24)29-18(14)16(30-26)11(3)8-7-9-13(15(17)22)21(25)27-5/h6,9,14-18,22,26H,3-4,7-8H2,1-2,5H3/b10-6-,13-9+/t14-,15+,16-,17+,18+/m1/s1. The van der Waals surface area contributed by atoms with Crippen LogP contribution in [0.4, 0.5) is 0 Å². The Morgan fingerprint density at radius 3 is 2.57 bits per heavy atom. The molecule has 9 heteroatoms. The third-order valence-corrected chi connectivity index (χ3v) is 5.31. The molecule has 164 valence electrons. The summed E-state index contributed by atoms with van der Waals surface area (Å²) in [6.07, 6.45) is -2.01. The van der Waals surface area contributed by atoms with Gasteiger partial charge in [-0.3, -0.25) is 5.26 Å². The molecule has 0 spiro atoms. The number of aliphatic hydroxyl groups excluding tert-OH is 1. The topological polar surface area (TPSA) is 129 Å². The van der Waals surface area contributed by atoms with E-state index < -0.39 is 48.2 Å². The fourth-order valence-electron chi connectivity index (χ4n) is 3.45. The zero-order valence-electron chi connectivity index (χ0n) is 17.1.